The van der Waals surface area contributed by atoms with E-state index in [2.05, 4.69) is 12.2 Å². The summed E-state index contributed by atoms with van der Waals surface area (Å²) in [4.78, 5) is 10.9. The van der Waals surface area contributed by atoms with Gasteiger partial charge in [0.25, 0.3) is 0 Å². The van der Waals surface area contributed by atoms with Crippen LogP contribution < -0.4 is 11.1 Å². The van der Waals surface area contributed by atoms with Gasteiger partial charge in [0.15, 0.2) is 0 Å². The summed E-state index contributed by atoms with van der Waals surface area (Å²) in [5, 5.41) is 3.43. The first-order valence-electron chi connectivity index (χ1n) is 5.81. The normalized spacial score (nSPS) is 16.8. The minimum atomic E-state index is -0.377. The Balaban J connectivity index is 1.90. The van der Waals surface area contributed by atoms with Crippen LogP contribution in [-0.2, 0) is 0 Å². The van der Waals surface area contributed by atoms with E-state index in [1.165, 1.54) is 19.3 Å². The molecular weight excluding hydrogens is 200 g/mol. The summed E-state index contributed by atoms with van der Waals surface area (Å²) in [5.74, 6) is 0.546. The predicted molar refractivity (Wildman–Crippen MR) is 65.4 cm³/mol. The van der Waals surface area contributed by atoms with Crippen molar-refractivity contribution in [1.82, 2.24) is 0 Å². The van der Waals surface area contributed by atoms with Crippen molar-refractivity contribution in [3.8, 4) is 0 Å². The van der Waals surface area contributed by atoms with E-state index in [1.807, 2.05) is 12.1 Å². The Morgan fingerprint density at radius 3 is 2.56 bits per heavy atom. The minimum absolute atomic E-state index is 0.377. The lowest BCUT2D eigenvalue weighted by Gasteiger charge is -2.14. The van der Waals surface area contributed by atoms with Crippen LogP contribution in [0.25, 0.3) is 0 Å². The average Bonchev–Trinajstić information content (AvgIpc) is 3.02. The zero-order valence-corrected chi connectivity index (χ0v) is 9.57. The van der Waals surface area contributed by atoms with Crippen LogP contribution >= 0.6 is 0 Å². The monoisotopic (exact) mass is 218 g/mol. The van der Waals surface area contributed by atoms with Gasteiger partial charge in [-0.05, 0) is 43.5 Å². The van der Waals surface area contributed by atoms with E-state index in [0.29, 0.717) is 11.6 Å². The van der Waals surface area contributed by atoms with Crippen LogP contribution in [0.15, 0.2) is 24.3 Å². The topological polar surface area (TPSA) is 55.1 Å². The van der Waals surface area contributed by atoms with Gasteiger partial charge in [-0.25, -0.2) is 0 Å². The van der Waals surface area contributed by atoms with Crippen molar-refractivity contribution in [2.24, 2.45) is 11.7 Å². The second-order valence-corrected chi connectivity index (χ2v) is 4.67. The van der Waals surface area contributed by atoms with E-state index in [9.17, 15) is 4.79 Å². The number of carbonyl (C=O) groups excluding carboxylic acids is 1. The molecule has 0 aromatic heterocycles. The second kappa shape index (κ2) is 4.56. The van der Waals surface area contributed by atoms with Crippen molar-refractivity contribution in [2.45, 2.75) is 32.2 Å². The summed E-state index contributed by atoms with van der Waals surface area (Å²) in [6, 6.07) is 7.82. The zero-order valence-electron chi connectivity index (χ0n) is 9.57. The van der Waals surface area contributed by atoms with Gasteiger partial charge in [0.1, 0.15) is 0 Å². The average molecular weight is 218 g/mol. The largest absolute Gasteiger partial charge is 0.383 e. The molecule has 0 radical (unpaired) electrons. The van der Waals surface area contributed by atoms with Gasteiger partial charge in [-0.2, -0.15) is 0 Å². The van der Waals surface area contributed by atoms with Crippen molar-refractivity contribution in [1.29, 1.82) is 0 Å². The molecule has 1 aliphatic rings. The van der Waals surface area contributed by atoms with Gasteiger partial charge in [-0.3, -0.25) is 4.79 Å². The highest BCUT2D eigenvalue weighted by Gasteiger charge is 2.23. The van der Waals surface area contributed by atoms with E-state index in [1.54, 1.807) is 12.1 Å². The molecule has 1 aromatic carbocycles. The van der Waals surface area contributed by atoms with E-state index in [-0.39, 0.29) is 5.91 Å². The van der Waals surface area contributed by atoms with Gasteiger partial charge in [0.05, 0.1) is 0 Å². The van der Waals surface area contributed by atoms with E-state index in [4.69, 9.17) is 5.73 Å². The third-order valence-electron chi connectivity index (χ3n) is 2.97. The summed E-state index contributed by atoms with van der Waals surface area (Å²) in [7, 11) is 0. The third kappa shape index (κ3) is 2.99. The van der Waals surface area contributed by atoms with Gasteiger partial charge in [0, 0.05) is 17.3 Å². The molecule has 1 saturated carbocycles. The summed E-state index contributed by atoms with van der Waals surface area (Å²) in [6.07, 6.45) is 4.00. The highest BCUT2D eigenvalue weighted by Crippen LogP contribution is 2.34. The Kier molecular flexibility index (Phi) is 3.13. The van der Waals surface area contributed by atoms with Crippen molar-refractivity contribution >= 4 is 11.6 Å². The maximum absolute atomic E-state index is 10.9. The number of rotatable bonds is 5. The summed E-state index contributed by atoms with van der Waals surface area (Å²) in [5.41, 5.74) is 6.79. The van der Waals surface area contributed by atoms with E-state index < -0.39 is 0 Å². The Hall–Kier alpha value is -1.51. The minimum Gasteiger partial charge on any atom is -0.383 e. The van der Waals surface area contributed by atoms with Crippen LogP contribution in [0.5, 0.6) is 0 Å². The Morgan fingerprint density at radius 2 is 2.06 bits per heavy atom. The SMILES string of the molecule is CC(CC1CC1)Nc1ccc(C(N)=O)cc1. The maximum atomic E-state index is 10.9. The van der Waals surface area contributed by atoms with Crippen LogP contribution in [0.3, 0.4) is 0 Å². The van der Waals surface area contributed by atoms with Crippen molar-refractivity contribution < 1.29 is 4.79 Å². The molecule has 0 heterocycles. The fourth-order valence-corrected chi connectivity index (χ4v) is 1.93. The van der Waals surface area contributed by atoms with Crippen LogP contribution in [0.1, 0.15) is 36.5 Å². The van der Waals surface area contributed by atoms with E-state index in [0.717, 1.165) is 11.6 Å². The van der Waals surface area contributed by atoms with Crippen molar-refractivity contribution in [3.05, 3.63) is 29.8 Å². The lowest BCUT2D eigenvalue weighted by atomic mass is 10.1. The predicted octanol–water partition coefficient (Wildman–Crippen LogP) is 2.39. The molecule has 2 rings (SSSR count). The fraction of sp³-hybridized carbons (Fsp3) is 0.462. The van der Waals surface area contributed by atoms with Crippen molar-refractivity contribution in [3.63, 3.8) is 0 Å². The molecule has 0 bridgehead atoms. The molecule has 1 amide bonds. The van der Waals surface area contributed by atoms with Gasteiger partial charge in [0.2, 0.25) is 5.91 Å². The summed E-state index contributed by atoms with van der Waals surface area (Å²) >= 11 is 0. The number of amides is 1. The first-order valence-corrected chi connectivity index (χ1v) is 5.81. The number of carbonyl (C=O) groups is 1. The van der Waals surface area contributed by atoms with Crippen LogP contribution in [0.4, 0.5) is 5.69 Å². The number of benzene rings is 1. The summed E-state index contributed by atoms with van der Waals surface area (Å²) < 4.78 is 0. The van der Waals surface area contributed by atoms with Gasteiger partial charge >= 0.3 is 0 Å². The molecule has 3 nitrogen and oxygen atoms in total. The Bertz CT molecular complexity index is 368. The van der Waals surface area contributed by atoms with Gasteiger partial charge in [-0.1, -0.05) is 12.8 Å². The molecule has 0 saturated heterocycles. The first-order chi connectivity index (χ1) is 7.65. The molecule has 86 valence electrons. The fourth-order valence-electron chi connectivity index (χ4n) is 1.93. The number of hydrogen-bond donors (Lipinski definition) is 2. The van der Waals surface area contributed by atoms with Crippen LogP contribution in [-0.4, -0.2) is 11.9 Å². The number of nitrogens with one attached hydrogen (secondary N) is 1. The number of anilines is 1. The number of primary amides is 1. The third-order valence-corrected chi connectivity index (χ3v) is 2.97. The maximum Gasteiger partial charge on any atom is 0.248 e. The Morgan fingerprint density at radius 1 is 1.44 bits per heavy atom. The molecule has 1 fully saturated rings. The zero-order chi connectivity index (χ0) is 11.5. The molecule has 1 atom stereocenters. The molecule has 1 aromatic rings. The molecule has 3 N–H and O–H groups in total. The lowest BCUT2D eigenvalue weighted by molar-refractivity contribution is 0.100. The molecule has 1 aliphatic carbocycles. The van der Waals surface area contributed by atoms with E-state index >= 15 is 0 Å². The molecule has 1 unspecified atom stereocenters. The lowest BCUT2D eigenvalue weighted by Crippen LogP contribution is -2.16. The van der Waals surface area contributed by atoms with Crippen molar-refractivity contribution in [2.75, 3.05) is 5.32 Å². The quantitative estimate of drug-likeness (QED) is 0.797. The second-order valence-electron chi connectivity index (χ2n) is 4.67. The molecule has 16 heavy (non-hydrogen) atoms. The molecule has 0 spiro atoms. The highest BCUT2D eigenvalue weighted by molar-refractivity contribution is 5.93. The number of nitrogens with two attached hydrogens (primary N) is 1. The smallest absolute Gasteiger partial charge is 0.248 e. The van der Waals surface area contributed by atoms with Gasteiger partial charge < -0.3 is 11.1 Å². The highest BCUT2D eigenvalue weighted by atomic mass is 16.1. The molecule has 0 aliphatic heterocycles. The summed E-state index contributed by atoms with van der Waals surface area (Å²) in [6.45, 7) is 2.19. The molecule has 3 heteroatoms. The number of hydrogen-bond acceptors (Lipinski definition) is 2. The standard InChI is InChI=1S/C13H18N2O/c1-9(8-10-2-3-10)15-12-6-4-11(5-7-12)13(14)16/h4-7,9-10,15H,2-3,8H2,1H3,(H2,14,16). The van der Waals surface area contributed by atoms with Crippen LogP contribution in [0, 0.1) is 5.92 Å². The van der Waals surface area contributed by atoms with Crippen LogP contribution in [0.2, 0.25) is 0 Å². The Labute approximate surface area is 96.0 Å². The van der Waals surface area contributed by atoms with Gasteiger partial charge in [-0.15, -0.1) is 0 Å². The first kappa shape index (κ1) is 11.0. The molecular formula is C13H18N2O.